The molecule has 0 atom stereocenters. The Labute approximate surface area is 137 Å². The summed E-state index contributed by atoms with van der Waals surface area (Å²) in [5.41, 5.74) is 0.656. The molecule has 3 rings (SSSR count). The summed E-state index contributed by atoms with van der Waals surface area (Å²) in [6.07, 6.45) is 2.85. The minimum absolute atomic E-state index is 0.165. The van der Waals surface area contributed by atoms with Crippen LogP contribution in [0.1, 0.15) is 0 Å². The highest BCUT2D eigenvalue weighted by Crippen LogP contribution is 2.29. The maximum absolute atomic E-state index is 12.8. The Kier molecular flexibility index (Phi) is 3.76. The zero-order valence-electron chi connectivity index (χ0n) is 11.4. The molecule has 0 aliphatic rings. The van der Waals surface area contributed by atoms with Crippen molar-refractivity contribution in [1.29, 1.82) is 0 Å². The highest BCUT2D eigenvalue weighted by atomic mass is 35.5. The summed E-state index contributed by atoms with van der Waals surface area (Å²) < 4.78 is 26.7. The fourth-order valence-electron chi connectivity index (χ4n) is 2.11. The largest absolute Gasteiger partial charge is 0.360 e. The third kappa shape index (κ3) is 2.54. The van der Waals surface area contributed by atoms with Crippen LogP contribution in [-0.4, -0.2) is 25.4 Å². The lowest BCUT2D eigenvalue weighted by Gasteiger charge is -2.17. The van der Waals surface area contributed by atoms with E-state index in [2.05, 4.69) is 9.97 Å². The highest BCUT2D eigenvalue weighted by molar-refractivity contribution is 7.93. The van der Waals surface area contributed by atoms with Crippen LogP contribution in [0.3, 0.4) is 0 Å². The van der Waals surface area contributed by atoms with Gasteiger partial charge in [0.15, 0.2) is 0 Å². The molecule has 2 heterocycles. The van der Waals surface area contributed by atoms with Crippen molar-refractivity contribution >= 4 is 49.9 Å². The van der Waals surface area contributed by atoms with Gasteiger partial charge in [-0.05, 0) is 30.3 Å². The second-order valence-corrected chi connectivity index (χ2v) is 7.46. The third-order valence-electron chi connectivity index (χ3n) is 3.28. The molecular formula is C14H11Cl2N3O2S. The van der Waals surface area contributed by atoms with Gasteiger partial charge in [-0.3, -0.25) is 4.31 Å². The first-order valence-electron chi connectivity index (χ1n) is 6.27. The fraction of sp³-hybridized carbons (Fsp3) is 0.0714. The quantitative estimate of drug-likeness (QED) is 0.778. The van der Waals surface area contributed by atoms with E-state index in [0.29, 0.717) is 20.9 Å². The molecule has 5 nitrogen and oxygen atoms in total. The monoisotopic (exact) mass is 355 g/mol. The number of rotatable bonds is 3. The molecule has 22 heavy (non-hydrogen) atoms. The Balaban J connectivity index is 2.09. The number of anilines is 1. The van der Waals surface area contributed by atoms with E-state index in [0.717, 1.165) is 4.31 Å². The van der Waals surface area contributed by atoms with Gasteiger partial charge in [-0.25, -0.2) is 13.4 Å². The Bertz CT molecular complexity index is 936. The molecule has 0 aliphatic carbocycles. The number of aromatic amines is 1. The van der Waals surface area contributed by atoms with Crippen LogP contribution in [0.4, 0.5) is 5.82 Å². The minimum Gasteiger partial charge on any atom is -0.360 e. The normalized spacial score (nSPS) is 11.8. The second-order valence-electron chi connectivity index (χ2n) is 4.65. The van der Waals surface area contributed by atoms with Crippen molar-refractivity contribution in [2.45, 2.75) is 4.90 Å². The van der Waals surface area contributed by atoms with Crippen molar-refractivity contribution in [2.75, 3.05) is 11.4 Å². The van der Waals surface area contributed by atoms with Crippen LogP contribution in [0.25, 0.3) is 10.9 Å². The number of halogens is 2. The van der Waals surface area contributed by atoms with E-state index in [-0.39, 0.29) is 10.7 Å². The molecule has 0 amide bonds. The van der Waals surface area contributed by atoms with Gasteiger partial charge in [0.05, 0.1) is 5.02 Å². The number of aromatic nitrogens is 2. The molecule has 3 aromatic rings. The number of pyridine rings is 1. The van der Waals surface area contributed by atoms with Crippen molar-refractivity contribution < 1.29 is 8.42 Å². The Hall–Kier alpha value is -1.76. The summed E-state index contributed by atoms with van der Waals surface area (Å²) in [5, 5.41) is 1.55. The molecular weight excluding hydrogens is 345 g/mol. The van der Waals surface area contributed by atoms with E-state index < -0.39 is 10.0 Å². The van der Waals surface area contributed by atoms with Crippen molar-refractivity contribution in [1.82, 2.24) is 9.97 Å². The lowest BCUT2D eigenvalue weighted by Crippen LogP contribution is -2.27. The number of sulfonamides is 1. The predicted molar refractivity (Wildman–Crippen MR) is 88.1 cm³/mol. The van der Waals surface area contributed by atoms with E-state index in [1.165, 1.54) is 19.4 Å². The van der Waals surface area contributed by atoms with E-state index in [1.54, 1.807) is 30.3 Å². The standard InChI is InChI=1S/C14H11Cl2N3O2S/c1-19(14-5-3-10(16)7-18-14)22(20,21)13-8-17-12-6-9(15)2-4-11(12)13/h2-8,17H,1H3. The molecule has 0 radical (unpaired) electrons. The number of benzene rings is 1. The molecule has 1 N–H and O–H groups in total. The van der Waals surface area contributed by atoms with Gasteiger partial charge in [0.2, 0.25) is 0 Å². The lowest BCUT2D eigenvalue weighted by molar-refractivity contribution is 0.595. The van der Waals surface area contributed by atoms with Crippen molar-refractivity contribution in [2.24, 2.45) is 0 Å². The molecule has 0 aliphatic heterocycles. The lowest BCUT2D eigenvalue weighted by atomic mass is 10.2. The summed E-state index contributed by atoms with van der Waals surface area (Å²) in [7, 11) is -2.30. The van der Waals surface area contributed by atoms with Gasteiger partial charge in [0.1, 0.15) is 10.7 Å². The summed E-state index contributed by atoms with van der Waals surface area (Å²) in [6, 6.07) is 8.13. The first-order valence-corrected chi connectivity index (χ1v) is 8.46. The maximum atomic E-state index is 12.8. The molecule has 0 saturated carbocycles. The van der Waals surface area contributed by atoms with Crippen molar-refractivity contribution in [3.05, 3.63) is 52.8 Å². The zero-order valence-corrected chi connectivity index (χ0v) is 13.7. The van der Waals surface area contributed by atoms with Gasteiger partial charge >= 0.3 is 0 Å². The molecule has 0 spiro atoms. The SMILES string of the molecule is CN(c1ccc(Cl)cn1)S(=O)(=O)c1c[nH]c2cc(Cl)ccc12. The molecule has 0 unspecified atom stereocenters. The third-order valence-corrected chi connectivity index (χ3v) is 5.54. The average Bonchev–Trinajstić information content (AvgIpc) is 2.91. The Morgan fingerprint density at radius 2 is 1.86 bits per heavy atom. The maximum Gasteiger partial charge on any atom is 0.267 e. The predicted octanol–water partition coefficient (Wildman–Crippen LogP) is 3.69. The first-order chi connectivity index (χ1) is 10.4. The molecule has 2 aromatic heterocycles. The summed E-state index contributed by atoms with van der Waals surface area (Å²) in [5.74, 6) is 0.285. The molecule has 0 fully saturated rings. The van der Waals surface area contributed by atoms with Gasteiger partial charge in [-0.1, -0.05) is 23.2 Å². The van der Waals surface area contributed by atoms with Crippen LogP contribution in [-0.2, 0) is 10.0 Å². The number of nitrogens with zero attached hydrogens (tertiary/aromatic N) is 2. The smallest absolute Gasteiger partial charge is 0.267 e. The number of hydrogen-bond donors (Lipinski definition) is 1. The first kappa shape index (κ1) is 15.1. The van der Waals surface area contributed by atoms with Gasteiger partial charge in [0.25, 0.3) is 10.0 Å². The van der Waals surface area contributed by atoms with Gasteiger partial charge in [-0.15, -0.1) is 0 Å². The van der Waals surface area contributed by atoms with E-state index in [9.17, 15) is 8.42 Å². The van der Waals surface area contributed by atoms with E-state index >= 15 is 0 Å². The molecule has 0 saturated heterocycles. The fourth-order valence-corrected chi connectivity index (χ4v) is 3.71. The van der Waals surface area contributed by atoms with Gasteiger partial charge in [-0.2, -0.15) is 0 Å². The van der Waals surface area contributed by atoms with Crippen LogP contribution in [0.15, 0.2) is 47.6 Å². The number of H-pyrrole nitrogens is 1. The van der Waals surface area contributed by atoms with E-state index in [4.69, 9.17) is 23.2 Å². The van der Waals surface area contributed by atoms with Crippen molar-refractivity contribution in [3.8, 4) is 0 Å². The van der Waals surface area contributed by atoms with Crippen LogP contribution in [0, 0.1) is 0 Å². The molecule has 114 valence electrons. The minimum atomic E-state index is -3.75. The topological polar surface area (TPSA) is 66.1 Å². The van der Waals surface area contributed by atoms with Crippen LogP contribution in [0.5, 0.6) is 0 Å². The number of hydrogen-bond acceptors (Lipinski definition) is 3. The number of fused-ring (bicyclic) bond motifs is 1. The highest BCUT2D eigenvalue weighted by Gasteiger charge is 2.25. The summed E-state index contributed by atoms with van der Waals surface area (Å²) in [6.45, 7) is 0. The van der Waals surface area contributed by atoms with Crippen LogP contribution in [0.2, 0.25) is 10.0 Å². The Morgan fingerprint density at radius 3 is 2.55 bits per heavy atom. The average molecular weight is 356 g/mol. The van der Waals surface area contributed by atoms with Crippen LogP contribution >= 0.6 is 23.2 Å². The van der Waals surface area contributed by atoms with Gasteiger partial charge in [0, 0.05) is 35.4 Å². The summed E-state index contributed by atoms with van der Waals surface area (Å²) >= 11 is 11.7. The van der Waals surface area contributed by atoms with E-state index in [1.807, 2.05) is 0 Å². The molecule has 8 heteroatoms. The molecule has 1 aromatic carbocycles. The zero-order chi connectivity index (χ0) is 15.9. The van der Waals surface area contributed by atoms with Crippen LogP contribution < -0.4 is 4.31 Å². The second kappa shape index (κ2) is 5.46. The van der Waals surface area contributed by atoms with Crippen molar-refractivity contribution in [3.63, 3.8) is 0 Å². The Morgan fingerprint density at radius 1 is 1.14 bits per heavy atom. The number of nitrogens with one attached hydrogen (secondary N) is 1. The molecule has 0 bridgehead atoms. The summed E-state index contributed by atoms with van der Waals surface area (Å²) in [4.78, 5) is 7.12. The van der Waals surface area contributed by atoms with Gasteiger partial charge < -0.3 is 4.98 Å².